The standard InChI is InChI=1S/C18H21N3O3/c1-2-19-17-8-7-13(11-21-17)18(22)20-10-9-14-12-23-15-5-3-4-6-16(15)24-14/h3-8,11,14H,2,9-10,12H2,1H3,(H,19,21)(H,20,22). The van der Waals surface area contributed by atoms with Crippen LogP contribution in [0.2, 0.25) is 0 Å². The Morgan fingerprint density at radius 2 is 2.08 bits per heavy atom. The van der Waals surface area contributed by atoms with Crippen LogP contribution in [0.15, 0.2) is 42.6 Å². The fraction of sp³-hybridized carbons (Fsp3) is 0.333. The van der Waals surface area contributed by atoms with Gasteiger partial charge in [0.1, 0.15) is 18.5 Å². The van der Waals surface area contributed by atoms with E-state index in [0.717, 1.165) is 23.9 Å². The van der Waals surface area contributed by atoms with Gasteiger partial charge in [-0.05, 0) is 31.2 Å². The molecule has 2 heterocycles. The van der Waals surface area contributed by atoms with Gasteiger partial charge < -0.3 is 20.1 Å². The maximum Gasteiger partial charge on any atom is 0.252 e. The number of fused-ring (bicyclic) bond motifs is 1. The van der Waals surface area contributed by atoms with Gasteiger partial charge in [0.05, 0.1) is 5.56 Å². The average Bonchev–Trinajstić information content (AvgIpc) is 2.62. The third kappa shape index (κ3) is 3.95. The van der Waals surface area contributed by atoms with Crippen LogP contribution in [-0.4, -0.2) is 36.7 Å². The highest BCUT2D eigenvalue weighted by atomic mass is 16.6. The molecule has 0 fully saturated rings. The first-order chi connectivity index (χ1) is 11.8. The lowest BCUT2D eigenvalue weighted by molar-refractivity contribution is 0.0812. The van der Waals surface area contributed by atoms with Crippen LogP contribution in [0.3, 0.4) is 0 Å². The summed E-state index contributed by atoms with van der Waals surface area (Å²) in [5.41, 5.74) is 0.544. The molecule has 2 aromatic rings. The van der Waals surface area contributed by atoms with Crippen LogP contribution in [0, 0.1) is 0 Å². The molecule has 3 rings (SSSR count). The first-order valence-electron chi connectivity index (χ1n) is 8.13. The Bertz CT molecular complexity index is 688. The lowest BCUT2D eigenvalue weighted by Crippen LogP contribution is -2.34. The minimum absolute atomic E-state index is 0.0607. The number of aromatic nitrogens is 1. The molecule has 1 aliphatic rings. The largest absolute Gasteiger partial charge is 0.486 e. The van der Waals surface area contributed by atoms with Crippen LogP contribution in [0.4, 0.5) is 5.82 Å². The fourth-order valence-corrected chi connectivity index (χ4v) is 2.47. The second-order valence-electron chi connectivity index (χ2n) is 5.50. The van der Waals surface area contributed by atoms with Crippen LogP contribution >= 0.6 is 0 Å². The number of nitrogens with one attached hydrogen (secondary N) is 2. The molecule has 0 saturated heterocycles. The van der Waals surface area contributed by atoms with E-state index in [2.05, 4.69) is 15.6 Å². The van der Waals surface area contributed by atoms with Gasteiger partial charge in [0, 0.05) is 25.7 Å². The number of amides is 1. The molecular formula is C18H21N3O3. The number of anilines is 1. The zero-order chi connectivity index (χ0) is 16.8. The molecule has 1 aromatic carbocycles. The Kier molecular flexibility index (Phi) is 5.15. The number of ether oxygens (including phenoxy) is 2. The van der Waals surface area contributed by atoms with E-state index in [1.807, 2.05) is 31.2 Å². The third-order valence-corrected chi connectivity index (χ3v) is 3.70. The highest BCUT2D eigenvalue weighted by Crippen LogP contribution is 2.31. The van der Waals surface area contributed by atoms with Crippen molar-refractivity contribution in [2.75, 3.05) is 25.0 Å². The zero-order valence-corrected chi connectivity index (χ0v) is 13.6. The normalized spacial score (nSPS) is 15.6. The Hall–Kier alpha value is -2.76. The monoisotopic (exact) mass is 327 g/mol. The summed E-state index contributed by atoms with van der Waals surface area (Å²) < 4.78 is 11.5. The first-order valence-corrected chi connectivity index (χ1v) is 8.13. The highest BCUT2D eigenvalue weighted by Gasteiger charge is 2.20. The summed E-state index contributed by atoms with van der Waals surface area (Å²) in [6.07, 6.45) is 2.20. The molecule has 6 nitrogen and oxygen atoms in total. The van der Waals surface area contributed by atoms with Crippen LogP contribution in [0.25, 0.3) is 0 Å². The van der Waals surface area contributed by atoms with Gasteiger partial charge in [0.25, 0.3) is 5.91 Å². The molecule has 1 amide bonds. The van der Waals surface area contributed by atoms with Crippen LogP contribution < -0.4 is 20.1 Å². The SMILES string of the molecule is CCNc1ccc(C(=O)NCCC2COc3ccccc3O2)cn1. The molecule has 0 aliphatic carbocycles. The topological polar surface area (TPSA) is 72.5 Å². The summed E-state index contributed by atoms with van der Waals surface area (Å²) in [6, 6.07) is 11.2. The number of para-hydroxylation sites is 2. The van der Waals surface area contributed by atoms with E-state index in [1.54, 1.807) is 18.3 Å². The van der Waals surface area contributed by atoms with Crippen molar-refractivity contribution in [1.29, 1.82) is 0 Å². The van der Waals surface area contributed by atoms with Crippen molar-refractivity contribution in [2.24, 2.45) is 0 Å². The summed E-state index contributed by atoms with van der Waals surface area (Å²) in [6.45, 7) is 3.80. The predicted molar refractivity (Wildman–Crippen MR) is 91.7 cm³/mol. The smallest absolute Gasteiger partial charge is 0.252 e. The highest BCUT2D eigenvalue weighted by molar-refractivity contribution is 5.94. The summed E-state index contributed by atoms with van der Waals surface area (Å²) in [4.78, 5) is 16.3. The van der Waals surface area contributed by atoms with E-state index >= 15 is 0 Å². The number of nitrogens with zero attached hydrogens (tertiary/aromatic N) is 1. The fourth-order valence-electron chi connectivity index (χ4n) is 2.47. The van der Waals surface area contributed by atoms with Crippen LogP contribution in [0.1, 0.15) is 23.7 Å². The number of hydrogen-bond acceptors (Lipinski definition) is 5. The lowest BCUT2D eigenvalue weighted by atomic mass is 10.2. The van der Waals surface area contributed by atoms with Crippen molar-refractivity contribution in [2.45, 2.75) is 19.4 Å². The van der Waals surface area contributed by atoms with E-state index in [-0.39, 0.29) is 12.0 Å². The van der Waals surface area contributed by atoms with Gasteiger partial charge in [-0.1, -0.05) is 12.1 Å². The van der Waals surface area contributed by atoms with E-state index < -0.39 is 0 Å². The van der Waals surface area contributed by atoms with Crippen molar-refractivity contribution in [1.82, 2.24) is 10.3 Å². The van der Waals surface area contributed by atoms with E-state index in [9.17, 15) is 4.79 Å². The predicted octanol–water partition coefficient (Wildman–Crippen LogP) is 2.47. The Morgan fingerprint density at radius 1 is 1.25 bits per heavy atom. The van der Waals surface area contributed by atoms with Crippen LogP contribution in [-0.2, 0) is 0 Å². The minimum atomic E-state index is -0.136. The molecule has 1 unspecified atom stereocenters. The molecule has 2 N–H and O–H groups in total. The number of hydrogen-bond donors (Lipinski definition) is 2. The number of rotatable bonds is 6. The number of pyridine rings is 1. The van der Waals surface area contributed by atoms with Crippen molar-refractivity contribution < 1.29 is 14.3 Å². The first kappa shape index (κ1) is 16.1. The van der Waals surface area contributed by atoms with E-state index in [4.69, 9.17) is 9.47 Å². The summed E-state index contributed by atoms with van der Waals surface area (Å²) >= 11 is 0. The molecule has 1 atom stereocenters. The Labute approximate surface area is 141 Å². The zero-order valence-electron chi connectivity index (χ0n) is 13.6. The number of carbonyl (C=O) groups excluding carboxylic acids is 1. The second kappa shape index (κ2) is 7.68. The van der Waals surface area contributed by atoms with E-state index in [0.29, 0.717) is 25.1 Å². The Morgan fingerprint density at radius 3 is 2.83 bits per heavy atom. The second-order valence-corrected chi connectivity index (χ2v) is 5.50. The van der Waals surface area contributed by atoms with Gasteiger partial charge in [0.15, 0.2) is 11.5 Å². The van der Waals surface area contributed by atoms with E-state index in [1.165, 1.54) is 0 Å². The molecular weight excluding hydrogens is 306 g/mol. The average molecular weight is 327 g/mol. The number of carbonyl (C=O) groups is 1. The summed E-state index contributed by atoms with van der Waals surface area (Å²) in [5.74, 6) is 2.15. The lowest BCUT2D eigenvalue weighted by Gasteiger charge is -2.26. The molecule has 1 aliphatic heterocycles. The molecule has 0 radical (unpaired) electrons. The Balaban J connectivity index is 1.45. The minimum Gasteiger partial charge on any atom is -0.486 e. The van der Waals surface area contributed by atoms with Gasteiger partial charge in [-0.25, -0.2) is 4.98 Å². The quantitative estimate of drug-likeness (QED) is 0.853. The van der Waals surface area contributed by atoms with Crippen LogP contribution in [0.5, 0.6) is 11.5 Å². The summed E-state index contributed by atoms with van der Waals surface area (Å²) in [7, 11) is 0. The number of benzene rings is 1. The molecule has 0 bridgehead atoms. The van der Waals surface area contributed by atoms with Crippen molar-refractivity contribution in [3.8, 4) is 11.5 Å². The van der Waals surface area contributed by atoms with Gasteiger partial charge in [0.2, 0.25) is 0 Å². The van der Waals surface area contributed by atoms with Crippen molar-refractivity contribution in [3.05, 3.63) is 48.2 Å². The maximum atomic E-state index is 12.1. The van der Waals surface area contributed by atoms with Crippen molar-refractivity contribution >= 4 is 11.7 Å². The molecule has 1 aromatic heterocycles. The molecule has 0 saturated carbocycles. The van der Waals surface area contributed by atoms with Gasteiger partial charge in [-0.15, -0.1) is 0 Å². The third-order valence-electron chi connectivity index (χ3n) is 3.70. The molecule has 0 spiro atoms. The molecule has 6 heteroatoms. The van der Waals surface area contributed by atoms with Gasteiger partial charge in [-0.3, -0.25) is 4.79 Å². The summed E-state index contributed by atoms with van der Waals surface area (Å²) in [5, 5.41) is 5.98. The molecule has 126 valence electrons. The maximum absolute atomic E-state index is 12.1. The van der Waals surface area contributed by atoms with Crippen molar-refractivity contribution in [3.63, 3.8) is 0 Å². The van der Waals surface area contributed by atoms with Gasteiger partial charge >= 0.3 is 0 Å². The molecule has 24 heavy (non-hydrogen) atoms. The van der Waals surface area contributed by atoms with Gasteiger partial charge in [-0.2, -0.15) is 0 Å².